The van der Waals surface area contributed by atoms with Crippen molar-refractivity contribution in [2.24, 2.45) is 0 Å². The average Bonchev–Trinajstić information content (AvgIpc) is 2.08. The minimum Gasteiger partial charge on any atom is -0.487 e. The molecule has 0 saturated heterocycles. The lowest BCUT2D eigenvalue weighted by Crippen LogP contribution is -2.37. The van der Waals surface area contributed by atoms with E-state index < -0.39 is 0 Å². The Balaban J connectivity index is 2.09. The molecule has 4 heteroatoms. The highest BCUT2D eigenvalue weighted by atomic mass is 35.5. The monoisotopic (exact) mass is 232 g/mol. The molecule has 0 radical (unpaired) electrons. The molecule has 1 aromatic carbocycles. The van der Waals surface area contributed by atoms with Gasteiger partial charge in [-0.15, -0.1) is 0 Å². The Morgan fingerprint density at radius 1 is 1.21 bits per heavy atom. The fraction of sp³-hybridized carbons (Fsp3) is 0.400. The topological polar surface area (TPSA) is 29.5 Å². The van der Waals surface area contributed by atoms with Crippen LogP contribution in [0.2, 0.25) is 10.0 Å². The number of aliphatic hydroxyl groups excluding tert-OH is 1. The second-order valence-electron chi connectivity index (χ2n) is 3.42. The molecule has 0 aliphatic heterocycles. The molecule has 0 aromatic heterocycles. The Morgan fingerprint density at radius 2 is 1.79 bits per heavy atom. The number of para-hydroxylation sites is 1. The Morgan fingerprint density at radius 3 is 2.29 bits per heavy atom. The van der Waals surface area contributed by atoms with Crippen LogP contribution in [0.3, 0.4) is 0 Å². The van der Waals surface area contributed by atoms with Gasteiger partial charge in [-0.1, -0.05) is 29.3 Å². The van der Waals surface area contributed by atoms with E-state index in [2.05, 4.69) is 0 Å². The molecule has 2 rings (SSSR count). The molecule has 1 aliphatic carbocycles. The number of halogens is 2. The first kappa shape index (κ1) is 10.1. The molecule has 0 atom stereocenters. The van der Waals surface area contributed by atoms with Crippen LogP contribution in [0.15, 0.2) is 18.2 Å². The highest BCUT2D eigenvalue weighted by Crippen LogP contribution is 2.36. The fourth-order valence-corrected chi connectivity index (χ4v) is 1.88. The van der Waals surface area contributed by atoms with Gasteiger partial charge in [0.2, 0.25) is 0 Å². The molecule has 1 aliphatic rings. The van der Waals surface area contributed by atoms with Gasteiger partial charge in [0.1, 0.15) is 6.10 Å². The van der Waals surface area contributed by atoms with Gasteiger partial charge in [0.15, 0.2) is 5.75 Å². The lowest BCUT2D eigenvalue weighted by molar-refractivity contribution is -0.0106. The minimum absolute atomic E-state index is 0.0439. The Hall–Kier alpha value is -0.440. The van der Waals surface area contributed by atoms with Crippen molar-refractivity contribution in [1.29, 1.82) is 0 Å². The van der Waals surface area contributed by atoms with Crippen LogP contribution >= 0.6 is 23.2 Å². The number of ether oxygens (including phenoxy) is 1. The van der Waals surface area contributed by atoms with Crippen molar-refractivity contribution in [3.8, 4) is 5.75 Å². The third-order valence-corrected chi connectivity index (χ3v) is 2.87. The largest absolute Gasteiger partial charge is 0.487 e. The zero-order valence-corrected chi connectivity index (χ0v) is 8.92. The maximum Gasteiger partial charge on any atom is 0.156 e. The van der Waals surface area contributed by atoms with Crippen molar-refractivity contribution >= 4 is 23.2 Å². The van der Waals surface area contributed by atoms with Gasteiger partial charge >= 0.3 is 0 Å². The Bertz CT molecular complexity index is 315. The highest BCUT2D eigenvalue weighted by Gasteiger charge is 2.29. The van der Waals surface area contributed by atoms with E-state index in [-0.39, 0.29) is 12.2 Å². The van der Waals surface area contributed by atoms with Crippen molar-refractivity contribution in [1.82, 2.24) is 0 Å². The summed E-state index contributed by atoms with van der Waals surface area (Å²) in [5.41, 5.74) is 0. The van der Waals surface area contributed by atoms with Crippen LogP contribution in [-0.2, 0) is 0 Å². The maximum absolute atomic E-state index is 9.09. The van der Waals surface area contributed by atoms with E-state index in [1.165, 1.54) is 0 Å². The zero-order valence-electron chi connectivity index (χ0n) is 7.41. The zero-order chi connectivity index (χ0) is 10.1. The van der Waals surface area contributed by atoms with Gasteiger partial charge < -0.3 is 9.84 Å². The quantitative estimate of drug-likeness (QED) is 0.850. The van der Waals surface area contributed by atoms with Crippen LogP contribution in [0.25, 0.3) is 0 Å². The van der Waals surface area contributed by atoms with Crippen molar-refractivity contribution in [2.75, 3.05) is 0 Å². The third-order valence-electron chi connectivity index (χ3n) is 2.27. The van der Waals surface area contributed by atoms with Crippen LogP contribution in [0.4, 0.5) is 0 Å². The molecule has 0 heterocycles. The first-order valence-electron chi connectivity index (χ1n) is 4.45. The third kappa shape index (κ3) is 1.97. The summed E-state index contributed by atoms with van der Waals surface area (Å²) in [5.74, 6) is 0.521. The summed E-state index contributed by atoms with van der Waals surface area (Å²) in [6, 6.07) is 5.24. The minimum atomic E-state index is -0.235. The molecule has 2 nitrogen and oxygen atoms in total. The van der Waals surface area contributed by atoms with Gasteiger partial charge in [-0.3, -0.25) is 0 Å². The van der Waals surface area contributed by atoms with Gasteiger partial charge in [0, 0.05) is 12.8 Å². The smallest absolute Gasteiger partial charge is 0.156 e. The first-order chi connectivity index (χ1) is 6.66. The lowest BCUT2D eigenvalue weighted by Gasteiger charge is -2.32. The number of benzene rings is 1. The van der Waals surface area contributed by atoms with Crippen LogP contribution in [0.5, 0.6) is 5.75 Å². The number of rotatable bonds is 2. The number of hydrogen-bond donors (Lipinski definition) is 1. The van der Waals surface area contributed by atoms with E-state index in [1.54, 1.807) is 18.2 Å². The summed E-state index contributed by atoms with van der Waals surface area (Å²) in [7, 11) is 0. The van der Waals surface area contributed by atoms with E-state index in [0.717, 1.165) is 0 Å². The summed E-state index contributed by atoms with van der Waals surface area (Å²) in [4.78, 5) is 0. The summed E-state index contributed by atoms with van der Waals surface area (Å²) in [5, 5.41) is 10.1. The predicted octanol–water partition coefficient (Wildman–Crippen LogP) is 2.90. The van der Waals surface area contributed by atoms with Crippen LogP contribution in [0, 0.1) is 0 Å². The molecule has 0 unspecified atom stereocenters. The molecule has 76 valence electrons. The van der Waals surface area contributed by atoms with E-state index in [9.17, 15) is 0 Å². The lowest BCUT2D eigenvalue weighted by atomic mass is 9.92. The first-order valence-corrected chi connectivity index (χ1v) is 5.21. The molecule has 0 amide bonds. The Labute approximate surface area is 92.4 Å². The summed E-state index contributed by atoms with van der Waals surface area (Å²) in [6.45, 7) is 0. The van der Waals surface area contributed by atoms with Gasteiger partial charge in [-0.05, 0) is 12.1 Å². The standard InChI is InChI=1S/C10H10Cl2O2/c11-8-2-1-3-9(12)10(8)14-7-4-6(13)5-7/h1-3,6-7,13H,4-5H2. The summed E-state index contributed by atoms with van der Waals surface area (Å²) < 4.78 is 5.56. The Kier molecular flexibility index (Phi) is 2.86. The fourth-order valence-electron chi connectivity index (χ4n) is 1.40. The maximum atomic E-state index is 9.09. The van der Waals surface area contributed by atoms with Crippen LogP contribution < -0.4 is 4.74 Å². The van der Waals surface area contributed by atoms with Crippen molar-refractivity contribution < 1.29 is 9.84 Å². The van der Waals surface area contributed by atoms with Gasteiger partial charge in [-0.2, -0.15) is 0 Å². The van der Waals surface area contributed by atoms with Crippen molar-refractivity contribution in [3.05, 3.63) is 28.2 Å². The van der Waals surface area contributed by atoms with E-state index in [1.807, 2.05) is 0 Å². The second-order valence-corrected chi connectivity index (χ2v) is 4.23. The van der Waals surface area contributed by atoms with Crippen LogP contribution in [-0.4, -0.2) is 17.3 Å². The van der Waals surface area contributed by atoms with Gasteiger partial charge in [0.05, 0.1) is 16.1 Å². The van der Waals surface area contributed by atoms with E-state index in [0.29, 0.717) is 28.6 Å². The van der Waals surface area contributed by atoms with E-state index in [4.69, 9.17) is 33.0 Å². The molecular weight excluding hydrogens is 223 g/mol. The summed E-state index contributed by atoms with van der Waals surface area (Å²) in [6.07, 6.45) is 1.12. The number of aliphatic hydroxyl groups is 1. The molecule has 0 spiro atoms. The van der Waals surface area contributed by atoms with Crippen LogP contribution in [0.1, 0.15) is 12.8 Å². The average molecular weight is 233 g/mol. The van der Waals surface area contributed by atoms with E-state index >= 15 is 0 Å². The highest BCUT2D eigenvalue weighted by molar-refractivity contribution is 6.37. The normalized spacial score (nSPS) is 25.6. The molecule has 1 fully saturated rings. The van der Waals surface area contributed by atoms with Gasteiger partial charge in [0.25, 0.3) is 0 Å². The van der Waals surface area contributed by atoms with Crippen molar-refractivity contribution in [2.45, 2.75) is 25.0 Å². The number of hydrogen-bond acceptors (Lipinski definition) is 2. The molecule has 1 aromatic rings. The second kappa shape index (κ2) is 3.97. The molecule has 1 saturated carbocycles. The van der Waals surface area contributed by atoms with Gasteiger partial charge in [-0.25, -0.2) is 0 Å². The summed E-state index contributed by atoms with van der Waals surface area (Å²) >= 11 is 11.8. The molecule has 0 bridgehead atoms. The molecule has 14 heavy (non-hydrogen) atoms. The van der Waals surface area contributed by atoms with Crippen molar-refractivity contribution in [3.63, 3.8) is 0 Å². The predicted molar refractivity (Wildman–Crippen MR) is 56.1 cm³/mol. The molecular formula is C10H10Cl2O2. The SMILES string of the molecule is OC1CC(Oc2c(Cl)cccc2Cl)C1. The molecule has 1 N–H and O–H groups in total.